The maximum atomic E-state index is 13.2. The number of ketones is 1. The highest BCUT2D eigenvalue weighted by Crippen LogP contribution is 2.25. The Hall–Kier alpha value is -3.55. The molecular weight excluding hydrogens is 575 g/mol. The maximum Gasteiger partial charge on any atom is 0.272 e. The lowest BCUT2D eigenvalue weighted by atomic mass is 10.1. The number of Topliss-reactive ketones (excluding diaryl/α,β-unsaturated/α-hetero) is 1. The third kappa shape index (κ3) is 8.22. The average molecular weight is 596 g/mol. The van der Waals surface area contributed by atoms with Crippen LogP contribution in [0.25, 0.3) is 6.08 Å². The number of hydrogen-bond acceptors (Lipinski definition) is 4. The smallest absolute Gasteiger partial charge is 0.272 e. The van der Waals surface area contributed by atoms with Crippen molar-refractivity contribution in [3.05, 3.63) is 135 Å². The third-order valence-corrected chi connectivity index (χ3v) is 7.44. The largest absolute Gasteiger partial charge is 0.321 e. The molecule has 0 radical (unpaired) electrons. The van der Waals surface area contributed by atoms with Crippen molar-refractivity contribution in [2.75, 3.05) is 11.1 Å². The summed E-state index contributed by atoms with van der Waals surface area (Å²) in [6, 6.07) is 27.3. The van der Waals surface area contributed by atoms with Gasteiger partial charge in [0.05, 0.1) is 15.8 Å². The molecule has 0 aromatic heterocycles. The Morgan fingerprint density at radius 1 is 0.744 bits per heavy atom. The van der Waals surface area contributed by atoms with Crippen LogP contribution in [0.5, 0.6) is 0 Å². The molecule has 2 amide bonds. The van der Waals surface area contributed by atoms with E-state index in [4.69, 9.17) is 34.8 Å². The minimum Gasteiger partial charge on any atom is -0.321 e. The Morgan fingerprint density at radius 2 is 1.44 bits per heavy atom. The summed E-state index contributed by atoms with van der Waals surface area (Å²) >= 11 is 19.3. The summed E-state index contributed by atoms with van der Waals surface area (Å²) in [5.41, 5.74) is 2.19. The van der Waals surface area contributed by atoms with Crippen LogP contribution in [-0.2, 0) is 4.79 Å². The molecule has 39 heavy (non-hydrogen) atoms. The van der Waals surface area contributed by atoms with E-state index in [-0.39, 0.29) is 17.2 Å². The summed E-state index contributed by atoms with van der Waals surface area (Å²) in [6.45, 7) is 0. The zero-order chi connectivity index (χ0) is 27.8. The van der Waals surface area contributed by atoms with Gasteiger partial charge in [-0.1, -0.05) is 65.1 Å². The highest BCUT2D eigenvalue weighted by molar-refractivity contribution is 8.00. The summed E-state index contributed by atoms with van der Waals surface area (Å²) in [7, 11) is 0. The van der Waals surface area contributed by atoms with Gasteiger partial charge in [-0.2, -0.15) is 0 Å². The van der Waals surface area contributed by atoms with Crippen LogP contribution in [0.4, 0.5) is 5.69 Å². The number of thioether (sulfide) groups is 1. The molecule has 0 aliphatic heterocycles. The Kier molecular flexibility index (Phi) is 9.85. The number of hydrogen-bond donors (Lipinski definition) is 2. The molecule has 196 valence electrons. The van der Waals surface area contributed by atoms with Crippen molar-refractivity contribution < 1.29 is 14.4 Å². The molecule has 9 heteroatoms. The molecule has 0 aliphatic rings. The standard InChI is InChI=1S/C30H21Cl3N2O3S/c31-22-9-6-19(7-10-22)16-27(35-29(37)20-4-2-1-3-5-20)30(38)34-23-11-13-24(14-12-23)39-18-28(36)21-8-15-25(32)26(33)17-21/h1-17H,18H2,(H,34,38)(H,35,37)/b27-16-. The van der Waals surface area contributed by atoms with Crippen LogP contribution in [-0.4, -0.2) is 23.4 Å². The van der Waals surface area contributed by atoms with Crippen molar-refractivity contribution in [1.82, 2.24) is 5.32 Å². The second kappa shape index (κ2) is 13.5. The lowest BCUT2D eigenvalue weighted by Crippen LogP contribution is -2.30. The first-order valence-electron chi connectivity index (χ1n) is 11.6. The molecule has 0 heterocycles. The van der Waals surface area contributed by atoms with E-state index in [9.17, 15) is 14.4 Å². The number of nitrogens with one attached hydrogen (secondary N) is 2. The second-order valence-corrected chi connectivity index (χ2v) is 10.5. The molecule has 0 spiro atoms. The predicted molar refractivity (Wildman–Crippen MR) is 160 cm³/mol. The molecule has 0 atom stereocenters. The van der Waals surface area contributed by atoms with Gasteiger partial charge in [0.2, 0.25) is 0 Å². The number of amides is 2. The van der Waals surface area contributed by atoms with E-state index in [1.54, 1.807) is 103 Å². The Morgan fingerprint density at radius 3 is 2.10 bits per heavy atom. The van der Waals surface area contributed by atoms with Gasteiger partial charge >= 0.3 is 0 Å². The minimum absolute atomic E-state index is 0.0665. The topological polar surface area (TPSA) is 75.3 Å². The lowest BCUT2D eigenvalue weighted by Gasteiger charge is -2.12. The first kappa shape index (κ1) is 28.5. The molecule has 0 saturated heterocycles. The number of anilines is 1. The van der Waals surface area contributed by atoms with Gasteiger partial charge in [0, 0.05) is 26.7 Å². The van der Waals surface area contributed by atoms with Crippen LogP contribution in [0.3, 0.4) is 0 Å². The van der Waals surface area contributed by atoms with Crippen LogP contribution >= 0.6 is 46.6 Å². The first-order valence-corrected chi connectivity index (χ1v) is 13.8. The van der Waals surface area contributed by atoms with E-state index < -0.39 is 11.8 Å². The highest BCUT2D eigenvalue weighted by Gasteiger charge is 2.15. The summed E-state index contributed by atoms with van der Waals surface area (Å²) in [4.78, 5) is 39.3. The van der Waals surface area contributed by atoms with Crippen molar-refractivity contribution in [3.8, 4) is 0 Å². The fourth-order valence-electron chi connectivity index (χ4n) is 3.40. The normalized spacial score (nSPS) is 11.1. The summed E-state index contributed by atoms with van der Waals surface area (Å²) < 4.78 is 0. The van der Waals surface area contributed by atoms with Crippen molar-refractivity contribution in [2.24, 2.45) is 0 Å². The van der Waals surface area contributed by atoms with E-state index in [0.717, 1.165) is 4.90 Å². The Labute approximate surface area is 245 Å². The molecule has 0 aliphatic carbocycles. The van der Waals surface area contributed by atoms with Gasteiger partial charge < -0.3 is 10.6 Å². The summed E-state index contributed by atoms with van der Waals surface area (Å²) in [6.07, 6.45) is 1.57. The third-order valence-electron chi connectivity index (χ3n) is 5.43. The molecule has 0 fully saturated rings. The SMILES string of the molecule is O=C(Nc1ccc(SCC(=O)c2ccc(Cl)c(Cl)c2)cc1)/C(=C/c1ccc(Cl)cc1)NC(=O)c1ccccc1. The monoisotopic (exact) mass is 594 g/mol. The number of carbonyl (C=O) groups is 3. The van der Waals surface area contributed by atoms with Crippen molar-refractivity contribution in [2.45, 2.75) is 4.90 Å². The fourth-order valence-corrected chi connectivity index (χ4v) is 4.62. The van der Waals surface area contributed by atoms with E-state index in [1.165, 1.54) is 11.8 Å². The molecule has 2 N–H and O–H groups in total. The molecule has 0 unspecified atom stereocenters. The zero-order valence-corrected chi connectivity index (χ0v) is 23.4. The highest BCUT2D eigenvalue weighted by atomic mass is 35.5. The van der Waals surface area contributed by atoms with Gasteiger partial charge in [-0.05, 0) is 78.4 Å². The minimum atomic E-state index is -0.496. The molecular formula is C30H21Cl3N2O3S. The van der Waals surface area contributed by atoms with Crippen LogP contribution in [0.1, 0.15) is 26.3 Å². The van der Waals surface area contributed by atoms with E-state index in [0.29, 0.717) is 37.4 Å². The molecule has 5 nitrogen and oxygen atoms in total. The van der Waals surface area contributed by atoms with Crippen molar-refractivity contribution in [1.29, 1.82) is 0 Å². The van der Waals surface area contributed by atoms with Crippen LogP contribution < -0.4 is 10.6 Å². The summed E-state index contributed by atoms with van der Waals surface area (Å²) in [5, 5.41) is 6.79. The lowest BCUT2D eigenvalue weighted by molar-refractivity contribution is -0.113. The predicted octanol–water partition coefficient (Wildman–Crippen LogP) is 8.03. The Balaban J connectivity index is 1.43. The molecule has 4 rings (SSSR count). The van der Waals surface area contributed by atoms with Gasteiger partial charge in [-0.15, -0.1) is 11.8 Å². The Bertz CT molecular complexity index is 1520. The number of carbonyl (C=O) groups excluding carboxylic acids is 3. The molecule has 4 aromatic rings. The van der Waals surface area contributed by atoms with Crippen LogP contribution in [0.15, 0.2) is 108 Å². The van der Waals surface area contributed by atoms with E-state index in [1.807, 2.05) is 0 Å². The van der Waals surface area contributed by atoms with Gasteiger partial charge in [0.1, 0.15) is 5.70 Å². The van der Waals surface area contributed by atoms with Crippen LogP contribution in [0.2, 0.25) is 15.1 Å². The van der Waals surface area contributed by atoms with Crippen LogP contribution in [0, 0.1) is 0 Å². The van der Waals surface area contributed by atoms with Gasteiger partial charge in [0.25, 0.3) is 11.8 Å². The second-order valence-electron chi connectivity index (χ2n) is 8.25. The van der Waals surface area contributed by atoms with E-state index in [2.05, 4.69) is 10.6 Å². The van der Waals surface area contributed by atoms with Crippen molar-refractivity contribution >= 4 is 75.9 Å². The number of rotatable bonds is 9. The van der Waals surface area contributed by atoms with Gasteiger partial charge in [0.15, 0.2) is 5.78 Å². The summed E-state index contributed by atoms with van der Waals surface area (Å²) in [5.74, 6) is -0.778. The quantitative estimate of drug-likeness (QED) is 0.117. The van der Waals surface area contributed by atoms with Gasteiger partial charge in [-0.3, -0.25) is 14.4 Å². The van der Waals surface area contributed by atoms with Crippen molar-refractivity contribution in [3.63, 3.8) is 0 Å². The molecule has 0 saturated carbocycles. The first-order chi connectivity index (χ1) is 18.8. The number of benzene rings is 4. The number of halogens is 3. The molecule has 4 aromatic carbocycles. The zero-order valence-electron chi connectivity index (χ0n) is 20.3. The molecule has 0 bridgehead atoms. The van der Waals surface area contributed by atoms with E-state index >= 15 is 0 Å². The maximum absolute atomic E-state index is 13.2. The average Bonchev–Trinajstić information content (AvgIpc) is 2.95. The van der Waals surface area contributed by atoms with Gasteiger partial charge in [-0.25, -0.2) is 0 Å². The fraction of sp³-hybridized carbons (Fsp3) is 0.0333.